The fourth-order valence-electron chi connectivity index (χ4n) is 2.09. The summed E-state index contributed by atoms with van der Waals surface area (Å²) in [5.41, 5.74) is 3.21. The lowest BCUT2D eigenvalue weighted by atomic mass is 10.00. The fraction of sp³-hybridized carbons (Fsp3) is 0.308. The van der Waals surface area contributed by atoms with Gasteiger partial charge in [0.1, 0.15) is 0 Å². The average Bonchev–Trinajstić information content (AvgIpc) is 2.64. The van der Waals surface area contributed by atoms with E-state index in [4.69, 9.17) is 23.2 Å². The van der Waals surface area contributed by atoms with Gasteiger partial charge in [-0.05, 0) is 31.7 Å². The number of halogens is 2. The van der Waals surface area contributed by atoms with Crippen LogP contribution in [0.1, 0.15) is 22.9 Å². The van der Waals surface area contributed by atoms with Gasteiger partial charge in [0, 0.05) is 18.8 Å². The first-order chi connectivity index (χ1) is 8.52. The summed E-state index contributed by atoms with van der Waals surface area (Å²) in [4.78, 5) is 0. The fourth-order valence-corrected chi connectivity index (χ4v) is 2.40. The highest BCUT2D eigenvalue weighted by molar-refractivity contribution is 6.42. The van der Waals surface area contributed by atoms with Gasteiger partial charge in [0.2, 0.25) is 0 Å². The van der Waals surface area contributed by atoms with E-state index in [-0.39, 0.29) is 6.04 Å². The molecule has 1 N–H and O–H groups in total. The Balaban J connectivity index is 2.45. The summed E-state index contributed by atoms with van der Waals surface area (Å²) in [6.07, 6.45) is 2.01. The molecule has 0 spiro atoms. The van der Waals surface area contributed by atoms with Gasteiger partial charge in [-0.3, -0.25) is 4.68 Å². The predicted molar refractivity (Wildman–Crippen MR) is 75.3 cm³/mol. The minimum Gasteiger partial charge on any atom is -0.309 e. The van der Waals surface area contributed by atoms with Crippen molar-refractivity contribution in [1.82, 2.24) is 15.1 Å². The Morgan fingerprint density at radius 1 is 1.28 bits per heavy atom. The number of rotatable bonds is 3. The lowest BCUT2D eigenvalue weighted by Gasteiger charge is -2.16. The molecule has 0 bridgehead atoms. The lowest BCUT2D eigenvalue weighted by Crippen LogP contribution is -2.18. The minimum atomic E-state index is 0.0634. The van der Waals surface area contributed by atoms with Crippen LogP contribution in [0.4, 0.5) is 0 Å². The van der Waals surface area contributed by atoms with Gasteiger partial charge in [0.15, 0.2) is 0 Å². The van der Waals surface area contributed by atoms with Crippen molar-refractivity contribution in [2.24, 2.45) is 7.05 Å². The van der Waals surface area contributed by atoms with Crippen molar-refractivity contribution in [3.05, 3.63) is 51.3 Å². The second-order valence-corrected chi connectivity index (χ2v) is 5.05. The molecule has 1 atom stereocenters. The first-order valence-corrected chi connectivity index (χ1v) is 6.41. The molecule has 0 aliphatic carbocycles. The Hall–Kier alpha value is -1.03. The average molecular weight is 284 g/mol. The predicted octanol–water partition coefficient (Wildman–Crippen LogP) is 3.34. The second kappa shape index (κ2) is 5.31. The third kappa shape index (κ3) is 2.53. The standard InChI is InChI=1S/C13H15Cl2N3/c1-8-10(7-18(3)17-8)13(16-2)9-4-5-11(14)12(15)6-9/h4-7,13,16H,1-3H3. The molecular formula is C13H15Cl2N3. The first kappa shape index (κ1) is 13.4. The van der Waals surface area contributed by atoms with Crippen LogP contribution in [0.5, 0.6) is 0 Å². The Morgan fingerprint density at radius 3 is 2.50 bits per heavy atom. The van der Waals surface area contributed by atoms with Crippen LogP contribution in [-0.2, 0) is 7.05 Å². The number of nitrogens with one attached hydrogen (secondary N) is 1. The van der Waals surface area contributed by atoms with E-state index in [0.717, 1.165) is 16.8 Å². The van der Waals surface area contributed by atoms with Gasteiger partial charge < -0.3 is 5.32 Å². The van der Waals surface area contributed by atoms with Crippen molar-refractivity contribution in [2.75, 3.05) is 7.05 Å². The summed E-state index contributed by atoms with van der Waals surface area (Å²) in [6.45, 7) is 2.00. The molecule has 1 aromatic heterocycles. The summed E-state index contributed by atoms with van der Waals surface area (Å²) in [5.74, 6) is 0. The molecule has 96 valence electrons. The molecule has 0 saturated heterocycles. The first-order valence-electron chi connectivity index (χ1n) is 5.65. The number of nitrogens with zero attached hydrogens (tertiary/aromatic N) is 2. The van der Waals surface area contributed by atoms with Crippen molar-refractivity contribution in [2.45, 2.75) is 13.0 Å². The monoisotopic (exact) mass is 283 g/mol. The summed E-state index contributed by atoms with van der Waals surface area (Å²) in [6, 6.07) is 5.74. The Morgan fingerprint density at radius 2 is 2.00 bits per heavy atom. The highest BCUT2D eigenvalue weighted by Crippen LogP contribution is 2.29. The highest BCUT2D eigenvalue weighted by atomic mass is 35.5. The lowest BCUT2D eigenvalue weighted by molar-refractivity contribution is 0.687. The van der Waals surface area contributed by atoms with E-state index in [1.807, 2.05) is 50.1 Å². The molecule has 0 aliphatic rings. The van der Waals surface area contributed by atoms with Crippen LogP contribution >= 0.6 is 23.2 Å². The van der Waals surface area contributed by atoms with Crippen LogP contribution in [0.3, 0.4) is 0 Å². The van der Waals surface area contributed by atoms with Crippen LogP contribution in [0, 0.1) is 6.92 Å². The van der Waals surface area contributed by atoms with Crippen molar-refractivity contribution in [3.63, 3.8) is 0 Å². The maximum absolute atomic E-state index is 6.07. The van der Waals surface area contributed by atoms with E-state index in [1.54, 1.807) is 0 Å². The smallest absolute Gasteiger partial charge is 0.0644 e. The van der Waals surface area contributed by atoms with Crippen LogP contribution in [0.15, 0.2) is 24.4 Å². The molecule has 3 nitrogen and oxygen atoms in total. The number of aryl methyl sites for hydroxylation is 2. The third-order valence-electron chi connectivity index (χ3n) is 2.93. The number of hydrogen-bond donors (Lipinski definition) is 1. The molecule has 2 aromatic rings. The quantitative estimate of drug-likeness (QED) is 0.936. The van der Waals surface area contributed by atoms with E-state index < -0.39 is 0 Å². The van der Waals surface area contributed by atoms with E-state index in [0.29, 0.717) is 10.0 Å². The van der Waals surface area contributed by atoms with Gasteiger partial charge in [-0.1, -0.05) is 29.3 Å². The zero-order valence-corrected chi connectivity index (χ0v) is 12.0. The maximum Gasteiger partial charge on any atom is 0.0644 e. The Labute approximate surface area is 117 Å². The molecule has 0 radical (unpaired) electrons. The van der Waals surface area contributed by atoms with Gasteiger partial charge in [-0.2, -0.15) is 5.10 Å². The van der Waals surface area contributed by atoms with Crippen molar-refractivity contribution < 1.29 is 0 Å². The van der Waals surface area contributed by atoms with Crippen molar-refractivity contribution in [3.8, 4) is 0 Å². The molecular weight excluding hydrogens is 269 g/mol. The normalized spacial score (nSPS) is 12.7. The van der Waals surface area contributed by atoms with Crippen LogP contribution in [0.2, 0.25) is 10.0 Å². The number of benzene rings is 1. The molecule has 1 aromatic carbocycles. The number of hydrogen-bond acceptors (Lipinski definition) is 2. The van der Waals surface area contributed by atoms with Crippen LogP contribution < -0.4 is 5.32 Å². The summed E-state index contributed by atoms with van der Waals surface area (Å²) in [7, 11) is 3.83. The molecule has 0 fully saturated rings. The molecule has 0 aliphatic heterocycles. The SMILES string of the molecule is CNC(c1ccc(Cl)c(Cl)c1)c1cn(C)nc1C. The van der Waals surface area contributed by atoms with Gasteiger partial charge >= 0.3 is 0 Å². The summed E-state index contributed by atoms with van der Waals surface area (Å²) < 4.78 is 1.81. The number of aromatic nitrogens is 2. The molecule has 5 heteroatoms. The molecule has 0 amide bonds. The van der Waals surface area contributed by atoms with Crippen LogP contribution in [-0.4, -0.2) is 16.8 Å². The van der Waals surface area contributed by atoms with Gasteiger partial charge in [-0.15, -0.1) is 0 Å². The molecule has 2 rings (SSSR count). The highest BCUT2D eigenvalue weighted by Gasteiger charge is 2.17. The largest absolute Gasteiger partial charge is 0.309 e. The zero-order chi connectivity index (χ0) is 13.3. The Bertz CT molecular complexity index is 563. The summed E-state index contributed by atoms with van der Waals surface area (Å²) in [5, 5.41) is 8.78. The molecule has 18 heavy (non-hydrogen) atoms. The van der Waals surface area contributed by atoms with Gasteiger partial charge in [0.05, 0.1) is 21.8 Å². The summed E-state index contributed by atoms with van der Waals surface area (Å²) >= 11 is 12.0. The van der Waals surface area contributed by atoms with E-state index in [9.17, 15) is 0 Å². The topological polar surface area (TPSA) is 29.9 Å². The van der Waals surface area contributed by atoms with Crippen molar-refractivity contribution in [1.29, 1.82) is 0 Å². The molecule has 1 heterocycles. The van der Waals surface area contributed by atoms with Crippen LogP contribution in [0.25, 0.3) is 0 Å². The molecule has 0 saturated carbocycles. The maximum atomic E-state index is 6.07. The zero-order valence-electron chi connectivity index (χ0n) is 10.5. The van der Waals surface area contributed by atoms with E-state index in [1.165, 1.54) is 0 Å². The minimum absolute atomic E-state index is 0.0634. The van der Waals surface area contributed by atoms with E-state index >= 15 is 0 Å². The van der Waals surface area contributed by atoms with E-state index in [2.05, 4.69) is 10.4 Å². The van der Waals surface area contributed by atoms with Gasteiger partial charge in [-0.25, -0.2) is 0 Å². The molecule has 1 unspecified atom stereocenters. The second-order valence-electron chi connectivity index (χ2n) is 4.24. The third-order valence-corrected chi connectivity index (χ3v) is 3.67. The Kier molecular flexibility index (Phi) is 3.95. The van der Waals surface area contributed by atoms with Gasteiger partial charge in [0.25, 0.3) is 0 Å². The van der Waals surface area contributed by atoms with Crippen molar-refractivity contribution >= 4 is 23.2 Å².